The predicted molar refractivity (Wildman–Crippen MR) is 117 cm³/mol. The number of para-hydroxylation sites is 1. The van der Waals surface area contributed by atoms with Gasteiger partial charge in [-0.1, -0.05) is 54.0 Å². The Morgan fingerprint density at radius 1 is 1.18 bits per heavy atom. The summed E-state index contributed by atoms with van der Waals surface area (Å²) in [6.45, 7) is 5.82. The number of nitrogens with zero attached hydrogens (tertiary/aromatic N) is 2. The number of hydrogen-bond donors (Lipinski definition) is 0. The lowest BCUT2D eigenvalue weighted by Crippen LogP contribution is -2.33. The van der Waals surface area contributed by atoms with E-state index in [1.165, 1.54) is 0 Å². The first-order chi connectivity index (χ1) is 13.5. The molecular weight excluding hydrogens is 436 g/mol. The van der Waals surface area contributed by atoms with Gasteiger partial charge in [0.25, 0.3) is 5.91 Å². The molecule has 1 heterocycles. The third-order valence-corrected chi connectivity index (χ3v) is 5.37. The van der Waals surface area contributed by atoms with E-state index in [2.05, 4.69) is 34.8 Å². The fraction of sp³-hybridized carbons (Fsp3) is 0.273. The number of rotatable bonds is 8. The van der Waals surface area contributed by atoms with Crippen LogP contribution in [-0.2, 0) is 13.2 Å². The average molecular weight is 459 g/mol. The lowest BCUT2D eigenvalue weighted by molar-refractivity contribution is 0.0720. The Morgan fingerprint density at radius 3 is 2.68 bits per heavy atom. The Balaban J connectivity index is 1.67. The lowest BCUT2D eigenvalue weighted by Gasteiger charge is -2.24. The number of ether oxygens (including phenoxy) is 1. The van der Waals surface area contributed by atoms with Crippen LogP contribution in [0.5, 0.6) is 5.75 Å². The second-order valence-corrected chi connectivity index (χ2v) is 8.78. The molecule has 4 nitrogen and oxygen atoms in total. The highest BCUT2D eigenvalue weighted by Crippen LogP contribution is 2.19. The number of aromatic nitrogens is 1. The van der Waals surface area contributed by atoms with Gasteiger partial charge in [0.15, 0.2) is 0 Å². The molecule has 146 valence electrons. The van der Waals surface area contributed by atoms with E-state index < -0.39 is 0 Å². The number of hydrogen-bond acceptors (Lipinski definition) is 4. The number of carbonyl (C=O) groups excluding carboxylic acids is 1. The van der Waals surface area contributed by atoms with Gasteiger partial charge in [0.05, 0.1) is 12.2 Å². The molecular formula is C22H23BrN2O2S. The normalized spacial score (nSPS) is 10.9. The highest BCUT2D eigenvalue weighted by molar-refractivity contribution is 9.10. The van der Waals surface area contributed by atoms with E-state index in [0.717, 1.165) is 20.9 Å². The van der Waals surface area contributed by atoms with Crippen LogP contribution in [0.2, 0.25) is 0 Å². The third kappa shape index (κ3) is 5.91. The summed E-state index contributed by atoms with van der Waals surface area (Å²) in [5.41, 5.74) is 1.57. The molecule has 0 radical (unpaired) electrons. The summed E-state index contributed by atoms with van der Waals surface area (Å²) in [4.78, 5) is 19.5. The molecule has 0 saturated carbocycles. The van der Waals surface area contributed by atoms with E-state index in [9.17, 15) is 4.79 Å². The van der Waals surface area contributed by atoms with Gasteiger partial charge in [0.2, 0.25) is 0 Å². The molecule has 28 heavy (non-hydrogen) atoms. The predicted octanol–water partition coefficient (Wildman–Crippen LogP) is 5.78. The average Bonchev–Trinajstić information content (AvgIpc) is 3.13. The fourth-order valence-corrected chi connectivity index (χ4v) is 3.90. The molecule has 3 rings (SSSR count). The highest BCUT2D eigenvalue weighted by atomic mass is 79.9. The molecule has 1 amide bonds. The van der Waals surface area contributed by atoms with Crippen molar-refractivity contribution in [2.75, 3.05) is 6.54 Å². The Kier molecular flexibility index (Phi) is 7.23. The summed E-state index contributed by atoms with van der Waals surface area (Å²) >= 11 is 5.00. The zero-order chi connectivity index (χ0) is 19.9. The Morgan fingerprint density at radius 2 is 1.96 bits per heavy atom. The molecule has 0 atom stereocenters. The maximum absolute atomic E-state index is 13.0. The van der Waals surface area contributed by atoms with Gasteiger partial charge in [0, 0.05) is 22.0 Å². The van der Waals surface area contributed by atoms with E-state index in [1.807, 2.05) is 64.9 Å². The van der Waals surface area contributed by atoms with Crippen molar-refractivity contribution in [2.45, 2.75) is 27.0 Å². The first-order valence-electron chi connectivity index (χ1n) is 9.17. The minimum atomic E-state index is 0.0186. The summed E-state index contributed by atoms with van der Waals surface area (Å²) in [6.07, 6.45) is 0. The molecule has 0 aliphatic rings. The van der Waals surface area contributed by atoms with Gasteiger partial charge in [-0.3, -0.25) is 4.79 Å². The molecule has 0 aliphatic heterocycles. The van der Waals surface area contributed by atoms with Crippen LogP contribution < -0.4 is 4.74 Å². The summed E-state index contributed by atoms with van der Waals surface area (Å²) in [5.74, 6) is 1.21. The van der Waals surface area contributed by atoms with E-state index in [1.54, 1.807) is 11.3 Å². The second kappa shape index (κ2) is 9.85. The Labute approximate surface area is 178 Å². The molecule has 0 bridgehead atoms. The summed E-state index contributed by atoms with van der Waals surface area (Å²) in [5, 5.41) is 2.91. The second-order valence-electron chi connectivity index (χ2n) is 6.92. The van der Waals surface area contributed by atoms with Crippen molar-refractivity contribution in [3.63, 3.8) is 0 Å². The molecule has 0 N–H and O–H groups in total. The largest absolute Gasteiger partial charge is 0.486 e. The smallest absolute Gasteiger partial charge is 0.254 e. The van der Waals surface area contributed by atoms with Gasteiger partial charge < -0.3 is 9.64 Å². The molecule has 0 fully saturated rings. The Bertz CT molecular complexity index is 912. The van der Waals surface area contributed by atoms with Gasteiger partial charge in [0.1, 0.15) is 17.4 Å². The number of amides is 1. The van der Waals surface area contributed by atoms with Crippen LogP contribution in [0, 0.1) is 5.92 Å². The van der Waals surface area contributed by atoms with Crippen molar-refractivity contribution in [2.24, 2.45) is 5.92 Å². The number of halogens is 1. The first-order valence-corrected chi connectivity index (χ1v) is 10.8. The zero-order valence-corrected chi connectivity index (χ0v) is 18.4. The van der Waals surface area contributed by atoms with Gasteiger partial charge in [-0.2, -0.15) is 0 Å². The van der Waals surface area contributed by atoms with Crippen LogP contribution in [0.15, 0.2) is 64.5 Å². The standard InChI is InChI=1S/C22H23BrN2O2S/c1-16(2)12-25(22(26)17-7-6-8-18(23)11-17)13-19-15-28-21(24-19)14-27-20-9-4-3-5-10-20/h3-11,15-16H,12-14H2,1-2H3. The fourth-order valence-electron chi connectivity index (χ4n) is 2.81. The van der Waals surface area contributed by atoms with Gasteiger partial charge >= 0.3 is 0 Å². The van der Waals surface area contributed by atoms with Crippen molar-refractivity contribution in [1.29, 1.82) is 0 Å². The lowest BCUT2D eigenvalue weighted by atomic mass is 10.1. The van der Waals surface area contributed by atoms with Crippen LogP contribution in [0.4, 0.5) is 0 Å². The summed E-state index contributed by atoms with van der Waals surface area (Å²) < 4.78 is 6.67. The Hall–Kier alpha value is -2.18. The van der Waals surface area contributed by atoms with Gasteiger partial charge in [-0.15, -0.1) is 11.3 Å². The molecule has 6 heteroatoms. The van der Waals surface area contributed by atoms with Crippen molar-refractivity contribution in [3.8, 4) is 5.75 Å². The van der Waals surface area contributed by atoms with Gasteiger partial charge in [-0.25, -0.2) is 4.98 Å². The van der Waals surface area contributed by atoms with E-state index >= 15 is 0 Å². The van der Waals surface area contributed by atoms with Crippen molar-refractivity contribution in [1.82, 2.24) is 9.88 Å². The van der Waals surface area contributed by atoms with E-state index in [0.29, 0.717) is 31.2 Å². The maximum Gasteiger partial charge on any atom is 0.254 e. The SMILES string of the molecule is CC(C)CN(Cc1csc(COc2ccccc2)n1)C(=O)c1cccc(Br)c1. The number of benzene rings is 2. The quantitative estimate of drug-likeness (QED) is 0.429. The molecule has 0 saturated heterocycles. The van der Waals surface area contributed by atoms with E-state index in [-0.39, 0.29) is 5.91 Å². The molecule has 0 aliphatic carbocycles. The summed E-state index contributed by atoms with van der Waals surface area (Å²) in [6, 6.07) is 17.2. The van der Waals surface area contributed by atoms with Crippen molar-refractivity contribution < 1.29 is 9.53 Å². The number of carbonyl (C=O) groups is 1. The van der Waals surface area contributed by atoms with Crippen LogP contribution >= 0.6 is 27.3 Å². The monoisotopic (exact) mass is 458 g/mol. The zero-order valence-electron chi connectivity index (χ0n) is 16.0. The maximum atomic E-state index is 13.0. The minimum absolute atomic E-state index is 0.0186. The van der Waals surface area contributed by atoms with E-state index in [4.69, 9.17) is 4.74 Å². The topological polar surface area (TPSA) is 42.4 Å². The van der Waals surface area contributed by atoms with Crippen molar-refractivity contribution in [3.05, 3.63) is 80.7 Å². The third-order valence-electron chi connectivity index (χ3n) is 4.00. The molecule has 0 spiro atoms. The number of thiazole rings is 1. The molecule has 0 unspecified atom stereocenters. The van der Waals surface area contributed by atoms with Crippen LogP contribution in [0.1, 0.15) is 34.9 Å². The highest BCUT2D eigenvalue weighted by Gasteiger charge is 2.19. The van der Waals surface area contributed by atoms with Crippen LogP contribution in [0.3, 0.4) is 0 Å². The van der Waals surface area contributed by atoms with Crippen LogP contribution in [0.25, 0.3) is 0 Å². The van der Waals surface area contributed by atoms with Gasteiger partial charge in [-0.05, 0) is 36.2 Å². The van der Waals surface area contributed by atoms with Crippen molar-refractivity contribution >= 4 is 33.2 Å². The van der Waals surface area contributed by atoms with Crippen LogP contribution in [-0.4, -0.2) is 22.3 Å². The first kappa shape index (κ1) is 20.6. The molecule has 1 aromatic heterocycles. The molecule has 2 aromatic carbocycles. The molecule has 3 aromatic rings. The summed E-state index contributed by atoms with van der Waals surface area (Å²) in [7, 11) is 0. The minimum Gasteiger partial charge on any atom is -0.486 e.